The van der Waals surface area contributed by atoms with Crippen molar-refractivity contribution in [3.8, 4) is 0 Å². The number of ether oxygens (including phenoxy) is 1. The number of nitrogens with zero attached hydrogens (tertiary/aromatic N) is 1. The number of anilines is 1. The normalized spacial score (nSPS) is 21.5. The third kappa shape index (κ3) is 3.61. The molecule has 1 aliphatic carbocycles. The number of hydrogen-bond acceptors (Lipinski definition) is 4. The monoisotopic (exact) mass is 441 g/mol. The van der Waals surface area contributed by atoms with Crippen LogP contribution in [0.3, 0.4) is 0 Å². The fourth-order valence-electron chi connectivity index (χ4n) is 4.00. The summed E-state index contributed by atoms with van der Waals surface area (Å²) >= 11 is 3.37. The van der Waals surface area contributed by atoms with Crippen LogP contribution in [-0.2, 0) is 20.9 Å². The van der Waals surface area contributed by atoms with Crippen molar-refractivity contribution in [2.24, 2.45) is 11.8 Å². The number of hydrogen-bond donors (Lipinski definition) is 0. The SMILES string of the molecule is O=C(OCc1ccc(Br)cc1)c1cccc(N2C(=O)[C@@H]3CCCC[C@H]3C2=O)c1. The lowest BCUT2D eigenvalue weighted by Crippen LogP contribution is -2.31. The molecule has 1 aliphatic heterocycles. The molecule has 0 radical (unpaired) electrons. The minimum atomic E-state index is -0.485. The fourth-order valence-corrected chi connectivity index (χ4v) is 4.27. The van der Waals surface area contributed by atoms with Crippen molar-refractivity contribution >= 4 is 39.4 Å². The third-order valence-corrected chi connectivity index (χ3v) is 5.99. The Balaban J connectivity index is 1.49. The van der Waals surface area contributed by atoms with E-state index in [4.69, 9.17) is 4.74 Å². The first-order valence-corrected chi connectivity index (χ1v) is 10.2. The molecule has 2 aromatic rings. The molecule has 1 saturated heterocycles. The summed E-state index contributed by atoms with van der Waals surface area (Å²) in [5.74, 6) is -1.20. The second kappa shape index (κ2) is 7.87. The zero-order valence-electron chi connectivity index (χ0n) is 15.3. The Labute approximate surface area is 171 Å². The van der Waals surface area contributed by atoms with Crippen LogP contribution in [0.1, 0.15) is 41.6 Å². The third-order valence-electron chi connectivity index (χ3n) is 5.46. The van der Waals surface area contributed by atoms with E-state index in [2.05, 4.69) is 15.9 Å². The summed E-state index contributed by atoms with van der Waals surface area (Å²) in [6.45, 7) is 0.155. The number of benzene rings is 2. The standard InChI is InChI=1S/C22H20BrNO4/c23-16-10-8-14(9-11-16)13-28-22(27)15-4-3-5-17(12-15)24-20(25)18-6-1-2-7-19(18)21(24)26/h3-5,8-12,18-19H,1-2,6-7,13H2/t18-,19-/m1/s1. The highest BCUT2D eigenvalue weighted by atomic mass is 79.9. The number of esters is 1. The number of imide groups is 1. The zero-order chi connectivity index (χ0) is 19.7. The summed E-state index contributed by atoms with van der Waals surface area (Å²) < 4.78 is 6.33. The average Bonchev–Trinajstić information content (AvgIpc) is 2.98. The van der Waals surface area contributed by atoms with Gasteiger partial charge in [-0.2, -0.15) is 0 Å². The van der Waals surface area contributed by atoms with Crippen molar-refractivity contribution in [2.75, 3.05) is 4.90 Å². The van der Waals surface area contributed by atoms with Gasteiger partial charge in [0.15, 0.2) is 0 Å². The Morgan fingerprint density at radius 1 is 1.00 bits per heavy atom. The minimum Gasteiger partial charge on any atom is -0.457 e. The van der Waals surface area contributed by atoms with Gasteiger partial charge in [-0.1, -0.05) is 47.0 Å². The van der Waals surface area contributed by atoms with Gasteiger partial charge in [-0.3, -0.25) is 14.5 Å². The first-order chi connectivity index (χ1) is 13.5. The van der Waals surface area contributed by atoms with Gasteiger partial charge < -0.3 is 4.74 Å². The molecule has 2 aromatic carbocycles. The minimum absolute atomic E-state index is 0.143. The Morgan fingerprint density at radius 3 is 2.29 bits per heavy atom. The van der Waals surface area contributed by atoms with Gasteiger partial charge in [0.25, 0.3) is 0 Å². The van der Waals surface area contributed by atoms with E-state index < -0.39 is 5.97 Å². The van der Waals surface area contributed by atoms with Crippen LogP contribution in [-0.4, -0.2) is 17.8 Å². The molecule has 1 heterocycles. The van der Waals surface area contributed by atoms with Crippen LogP contribution in [0.2, 0.25) is 0 Å². The maximum atomic E-state index is 12.8. The quantitative estimate of drug-likeness (QED) is 0.517. The van der Waals surface area contributed by atoms with E-state index in [-0.39, 0.29) is 30.3 Å². The average molecular weight is 442 g/mol. The molecular weight excluding hydrogens is 422 g/mol. The zero-order valence-corrected chi connectivity index (χ0v) is 16.9. The van der Waals surface area contributed by atoms with Gasteiger partial charge in [-0.05, 0) is 48.7 Å². The van der Waals surface area contributed by atoms with Gasteiger partial charge in [0.1, 0.15) is 6.61 Å². The molecule has 5 nitrogen and oxygen atoms in total. The number of carbonyl (C=O) groups is 3. The van der Waals surface area contributed by atoms with Gasteiger partial charge in [0, 0.05) is 4.47 Å². The van der Waals surface area contributed by atoms with E-state index in [9.17, 15) is 14.4 Å². The summed E-state index contributed by atoms with van der Waals surface area (Å²) in [7, 11) is 0. The maximum Gasteiger partial charge on any atom is 0.338 e. The topological polar surface area (TPSA) is 63.7 Å². The van der Waals surface area contributed by atoms with Gasteiger partial charge in [-0.25, -0.2) is 4.79 Å². The molecule has 1 saturated carbocycles. The molecular formula is C22H20BrNO4. The Hall–Kier alpha value is -2.47. The van der Waals surface area contributed by atoms with Crippen molar-refractivity contribution < 1.29 is 19.1 Å². The summed E-state index contributed by atoms with van der Waals surface area (Å²) in [5.41, 5.74) is 1.65. The lowest BCUT2D eigenvalue weighted by molar-refractivity contribution is -0.122. The second-order valence-corrected chi connectivity index (χ2v) is 8.18. The number of fused-ring (bicyclic) bond motifs is 1. The summed E-state index contributed by atoms with van der Waals surface area (Å²) in [5, 5.41) is 0. The number of amides is 2. The highest BCUT2D eigenvalue weighted by Crippen LogP contribution is 2.40. The van der Waals surface area contributed by atoms with Crippen LogP contribution in [0, 0.1) is 11.8 Å². The van der Waals surface area contributed by atoms with Crippen LogP contribution in [0.4, 0.5) is 5.69 Å². The Bertz CT molecular complexity index is 900. The van der Waals surface area contributed by atoms with Crippen LogP contribution < -0.4 is 4.90 Å². The smallest absolute Gasteiger partial charge is 0.338 e. The summed E-state index contributed by atoms with van der Waals surface area (Å²) in [6, 6.07) is 14.1. The van der Waals surface area contributed by atoms with Crippen molar-refractivity contribution in [2.45, 2.75) is 32.3 Å². The van der Waals surface area contributed by atoms with E-state index >= 15 is 0 Å². The number of carbonyl (C=O) groups excluding carboxylic acids is 3. The molecule has 2 amide bonds. The molecule has 6 heteroatoms. The van der Waals surface area contributed by atoms with Crippen molar-refractivity contribution in [1.29, 1.82) is 0 Å². The highest BCUT2D eigenvalue weighted by Gasteiger charge is 2.48. The first-order valence-electron chi connectivity index (χ1n) is 9.44. The predicted molar refractivity (Wildman–Crippen MR) is 108 cm³/mol. The molecule has 4 rings (SSSR count). The molecule has 0 spiro atoms. The molecule has 2 fully saturated rings. The van der Waals surface area contributed by atoms with Crippen LogP contribution in [0.15, 0.2) is 53.0 Å². The van der Waals surface area contributed by atoms with Gasteiger partial charge in [0.05, 0.1) is 23.1 Å². The molecule has 2 atom stereocenters. The fraction of sp³-hybridized carbons (Fsp3) is 0.318. The van der Waals surface area contributed by atoms with Gasteiger partial charge in [-0.15, -0.1) is 0 Å². The molecule has 0 aromatic heterocycles. The predicted octanol–water partition coefficient (Wildman–Crippen LogP) is 4.49. The van der Waals surface area contributed by atoms with E-state index in [1.165, 1.54) is 4.90 Å². The second-order valence-electron chi connectivity index (χ2n) is 7.26. The number of rotatable bonds is 4. The van der Waals surface area contributed by atoms with Crippen LogP contribution >= 0.6 is 15.9 Å². The van der Waals surface area contributed by atoms with E-state index in [0.717, 1.165) is 35.7 Å². The van der Waals surface area contributed by atoms with Crippen molar-refractivity contribution in [3.05, 3.63) is 64.1 Å². The number of halogens is 1. The first kappa shape index (κ1) is 18.9. The van der Waals surface area contributed by atoms with E-state index in [1.54, 1.807) is 24.3 Å². The van der Waals surface area contributed by atoms with Gasteiger partial charge >= 0.3 is 5.97 Å². The largest absolute Gasteiger partial charge is 0.457 e. The maximum absolute atomic E-state index is 12.8. The van der Waals surface area contributed by atoms with E-state index in [0.29, 0.717) is 11.3 Å². The summed E-state index contributed by atoms with van der Waals surface area (Å²) in [6.07, 6.45) is 3.49. The Morgan fingerprint density at radius 2 is 1.64 bits per heavy atom. The molecule has 2 aliphatic rings. The lowest BCUT2D eigenvalue weighted by atomic mass is 9.81. The van der Waals surface area contributed by atoms with Crippen molar-refractivity contribution in [3.63, 3.8) is 0 Å². The molecule has 28 heavy (non-hydrogen) atoms. The van der Waals surface area contributed by atoms with Crippen molar-refractivity contribution in [1.82, 2.24) is 0 Å². The Kier molecular flexibility index (Phi) is 5.31. The lowest BCUT2D eigenvalue weighted by Gasteiger charge is -2.19. The molecule has 0 bridgehead atoms. The van der Waals surface area contributed by atoms with Crippen LogP contribution in [0.25, 0.3) is 0 Å². The van der Waals surface area contributed by atoms with E-state index in [1.807, 2.05) is 24.3 Å². The summed E-state index contributed by atoms with van der Waals surface area (Å²) in [4.78, 5) is 39.2. The molecule has 0 N–H and O–H groups in total. The highest BCUT2D eigenvalue weighted by molar-refractivity contribution is 9.10. The molecule has 144 valence electrons. The molecule has 0 unspecified atom stereocenters. The van der Waals surface area contributed by atoms with Crippen LogP contribution in [0.5, 0.6) is 0 Å². The van der Waals surface area contributed by atoms with Gasteiger partial charge in [0.2, 0.25) is 11.8 Å².